The Bertz CT molecular complexity index is 1760. The van der Waals surface area contributed by atoms with Crippen LogP contribution in [-0.2, 0) is 14.3 Å². The van der Waals surface area contributed by atoms with Crippen molar-refractivity contribution in [2.45, 2.75) is 104 Å². The van der Waals surface area contributed by atoms with Crippen molar-refractivity contribution >= 4 is 17.2 Å². The summed E-state index contributed by atoms with van der Waals surface area (Å²) < 4.78 is 21.2. The van der Waals surface area contributed by atoms with Gasteiger partial charge in [0.15, 0.2) is 6.10 Å². The summed E-state index contributed by atoms with van der Waals surface area (Å²) in [5.74, 6) is -0.127. The number of piperidine rings is 1. The summed E-state index contributed by atoms with van der Waals surface area (Å²) in [5.41, 5.74) is 7.42. The highest BCUT2D eigenvalue weighted by atomic mass is 16.5. The van der Waals surface area contributed by atoms with Crippen LogP contribution in [0.4, 0.5) is 5.69 Å². The van der Waals surface area contributed by atoms with E-state index in [-0.39, 0.29) is 11.7 Å². The first-order chi connectivity index (χ1) is 22.3. The number of aliphatic carboxylic acids is 1. The Hall–Kier alpha value is -3.88. The molecular weight excluding hydrogens is 590 g/mol. The van der Waals surface area contributed by atoms with Gasteiger partial charge in [-0.3, -0.25) is 0 Å². The zero-order chi connectivity index (χ0) is 33.5. The molecule has 2 atom stereocenters. The number of hydrogen-bond acceptors (Lipinski definition) is 6. The van der Waals surface area contributed by atoms with Gasteiger partial charge in [-0.05, 0) is 116 Å². The minimum absolute atomic E-state index is 0.0789. The Morgan fingerprint density at radius 2 is 1.81 bits per heavy atom. The van der Waals surface area contributed by atoms with Gasteiger partial charge in [-0.1, -0.05) is 29.8 Å². The highest BCUT2D eigenvalue weighted by Gasteiger charge is 2.37. The third-order valence-corrected chi connectivity index (χ3v) is 9.46. The van der Waals surface area contributed by atoms with E-state index in [1.54, 1.807) is 0 Å². The predicted octanol–water partition coefficient (Wildman–Crippen LogP) is 8.55. The molecule has 2 aromatic heterocycles. The molecule has 3 aliphatic rings. The molecule has 0 aliphatic carbocycles. The summed E-state index contributed by atoms with van der Waals surface area (Å²) >= 11 is 0. The zero-order valence-electron chi connectivity index (χ0n) is 28.9. The van der Waals surface area contributed by atoms with E-state index in [1.165, 1.54) is 5.56 Å². The fourth-order valence-electron chi connectivity index (χ4n) is 6.93. The van der Waals surface area contributed by atoms with Crippen LogP contribution in [0, 0.1) is 13.8 Å². The summed E-state index contributed by atoms with van der Waals surface area (Å²) in [4.78, 5) is 15.2. The summed E-state index contributed by atoms with van der Waals surface area (Å²) in [6.45, 7) is 16.3. The number of anilines is 1. The third kappa shape index (κ3) is 7.19. The lowest BCUT2D eigenvalue weighted by atomic mass is 9.91. The monoisotopic (exact) mass is 639 g/mol. The Morgan fingerprint density at radius 1 is 1.06 bits per heavy atom. The lowest BCUT2D eigenvalue weighted by Gasteiger charge is -2.42. The van der Waals surface area contributed by atoms with Gasteiger partial charge in [0.25, 0.3) is 0 Å². The van der Waals surface area contributed by atoms with Crippen LogP contribution in [0.5, 0.6) is 5.75 Å². The number of fused-ring (bicyclic) bond motifs is 8. The van der Waals surface area contributed by atoms with Gasteiger partial charge in [-0.25, -0.2) is 9.31 Å². The Morgan fingerprint density at radius 3 is 2.53 bits per heavy atom. The summed E-state index contributed by atoms with van der Waals surface area (Å²) in [6.07, 6.45) is 5.50. The van der Waals surface area contributed by atoms with E-state index in [0.29, 0.717) is 12.2 Å². The molecule has 0 amide bonds. The van der Waals surface area contributed by atoms with Gasteiger partial charge < -0.3 is 24.2 Å². The first-order valence-electron chi connectivity index (χ1n) is 17.0. The number of ether oxygens (including phenoxy) is 3. The summed E-state index contributed by atoms with van der Waals surface area (Å²) in [5, 5.41) is 15.6. The first-order valence-corrected chi connectivity index (χ1v) is 17.0. The normalized spacial score (nSPS) is 21.3. The molecule has 3 aliphatic heterocycles. The fraction of sp³-hybridized carbons (Fsp3) is 0.487. The SMILES string of the molecule is Cc1ccc2c(c1)-c1cccc(c1)-c1cc3c(c([C@H](OC(C)(C)C)C(=O)O)c(C)cn3n1)N1CCC(C)(CC1)OCCCC[C@@H](C)O2. The van der Waals surface area contributed by atoms with Crippen LogP contribution in [0.2, 0.25) is 0 Å². The molecule has 7 rings (SSSR count). The molecule has 4 aromatic rings. The predicted molar refractivity (Wildman–Crippen MR) is 186 cm³/mol. The largest absolute Gasteiger partial charge is 0.490 e. The maximum atomic E-state index is 12.9. The molecule has 250 valence electrons. The van der Waals surface area contributed by atoms with Crippen LogP contribution in [-0.4, -0.2) is 57.7 Å². The van der Waals surface area contributed by atoms with E-state index in [1.807, 2.05) is 38.4 Å². The minimum Gasteiger partial charge on any atom is -0.490 e. The number of carboxylic acid groups (broad SMARTS) is 1. The summed E-state index contributed by atoms with van der Waals surface area (Å²) in [7, 11) is 0. The molecular formula is C39H49N3O5. The van der Waals surface area contributed by atoms with Crippen molar-refractivity contribution < 1.29 is 24.1 Å². The van der Waals surface area contributed by atoms with Crippen LogP contribution in [0.25, 0.3) is 27.9 Å². The van der Waals surface area contributed by atoms with Crippen molar-refractivity contribution in [3.63, 3.8) is 0 Å². The number of aryl methyl sites for hydroxylation is 2. The number of hydrogen-bond donors (Lipinski definition) is 1. The van der Waals surface area contributed by atoms with E-state index >= 15 is 0 Å². The lowest BCUT2D eigenvalue weighted by molar-refractivity contribution is -0.160. The molecule has 1 N–H and O–H groups in total. The quantitative estimate of drug-likeness (QED) is 0.240. The molecule has 5 heterocycles. The molecule has 8 heteroatoms. The van der Waals surface area contributed by atoms with Crippen molar-refractivity contribution in [3.8, 4) is 28.1 Å². The van der Waals surface area contributed by atoms with Crippen LogP contribution < -0.4 is 9.64 Å². The topological polar surface area (TPSA) is 85.5 Å². The van der Waals surface area contributed by atoms with E-state index in [0.717, 1.165) is 90.1 Å². The summed E-state index contributed by atoms with van der Waals surface area (Å²) in [6, 6.07) is 16.9. The van der Waals surface area contributed by atoms with Crippen molar-refractivity contribution in [2.24, 2.45) is 0 Å². The van der Waals surface area contributed by atoms with Crippen LogP contribution in [0.15, 0.2) is 54.7 Å². The maximum Gasteiger partial charge on any atom is 0.337 e. The minimum atomic E-state index is -1.13. The molecule has 0 unspecified atom stereocenters. The van der Waals surface area contributed by atoms with E-state index in [4.69, 9.17) is 19.3 Å². The van der Waals surface area contributed by atoms with E-state index in [9.17, 15) is 9.90 Å². The van der Waals surface area contributed by atoms with Gasteiger partial charge in [0.2, 0.25) is 0 Å². The van der Waals surface area contributed by atoms with Crippen molar-refractivity contribution in [1.82, 2.24) is 9.61 Å². The smallest absolute Gasteiger partial charge is 0.337 e. The number of benzene rings is 2. The molecule has 1 saturated heterocycles. The van der Waals surface area contributed by atoms with E-state index in [2.05, 4.69) is 74.2 Å². The molecule has 6 bridgehead atoms. The van der Waals surface area contributed by atoms with Crippen molar-refractivity contribution in [3.05, 3.63) is 71.4 Å². The molecule has 8 nitrogen and oxygen atoms in total. The Labute approximate surface area is 278 Å². The second-order valence-electron chi connectivity index (χ2n) is 14.7. The maximum absolute atomic E-state index is 12.9. The van der Waals surface area contributed by atoms with Crippen LogP contribution in [0.1, 0.15) is 89.5 Å². The number of carbonyl (C=O) groups is 1. The highest BCUT2D eigenvalue weighted by Crippen LogP contribution is 2.42. The number of rotatable bonds is 3. The molecule has 1 fully saturated rings. The van der Waals surface area contributed by atoms with Crippen molar-refractivity contribution in [1.29, 1.82) is 0 Å². The fourth-order valence-corrected chi connectivity index (χ4v) is 6.93. The van der Waals surface area contributed by atoms with Gasteiger partial charge in [0.05, 0.1) is 34.2 Å². The van der Waals surface area contributed by atoms with Gasteiger partial charge in [-0.15, -0.1) is 0 Å². The number of pyridine rings is 1. The second-order valence-corrected chi connectivity index (χ2v) is 14.7. The second kappa shape index (κ2) is 13.0. The van der Waals surface area contributed by atoms with Crippen molar-refractivity contribution in [2.75, 3.05) is 24.6 Å². The lowest BCUT2D eigenvalue weighted by Crippen LogP contribution is -2.45. The van der Waals surface area contributed by atoms with Gasteiger partial charge in [-0.2, -0.15) is 5.10 Å². The first kappa shape index (κ1) is 33.0. The highest BCUT2D eigenvalue weighted by molar-refractivity contribution is 5.87. The van der Waals surface area contributed by atoms with Gasteiger partial charge in [0.1, 0.15) is 5.75 Å². The number of carboxylic acids is 1. The molecule has 47 heavy (non-hydrogen) atoms. The average Bonchev–Trinajstić information content (AvgIpc) is 3.43. The Balaban J connectivity index is 1.53. The van der Waals surface area contributed by atoms with E-state index < -0.39 is 17.7 Å². The molecule has 2 aromatic carbocycles. The molecule has 0 saturated carbocycles. The van der Waals surface area contributed by atoms with Gasteiger partial charge >= 0.3 is 5.97 Å². The molecule has 0 radical (unpaired) electrons. The van der Waals surface area contributed by atoms with Gasteiger partial charge in [0, 0.05) is 42.6 Å². The Kier molecular flexibility index (Phi) is 9.11. The zero-order valence-corrected chi connectivity index (χ0v) is 28.9. The number of nitrogens with zero attached hydrogens (tertiary/aromatic N) is 3. The van der Waals surface area contributed by atoms with Crippen LogP contribution >= 0.6 is 0 Å². The molecule has 0 spiro atoms. The van der Waals surface area contributed by atoms with Crippen LogP contribution in [0.3, 0.4) is 0 Å². The number of aromatic nitrogens is 2. The standard InChI is InChI=1S/C39H49N3O5/c1-25-14-15-33-30(21-25)28-12-10-13-29(22-28)31-23-32-35(34(26(2)24-42(32)40-31)36(37(43)44)47-38(4,5)6)41-18-16-39(7,17-19-41)45-20-9-8-11-27(3)46-33/h10,12-15,21-24,27,36H,8-9,11,16-20H2,1-7H3,(H,43,44)/t27-,36+/m1/s1. The average molecular weight is 640 g/mol. The third-order valence-electron chi connectivity index (χ3n) is 9.46.